The molecule has 1 fully saturated rings. The summed E-state index contributed by atoms with van der Waals surface area (Å²) in [5, 5.41) is 13.4. The zero-order valence-corrected chi connectivity index (χ0v) is 12.4. The van der Waals surface area contributed by atoms with Crippen molar-refractivity contribution in [1.29, 1.82) is 0 Å². The van der Waals surface area contributed by atoms with E-state index in [1.807, 2.05) is 0 Å². The van der Waals surface area contributed by atoms with Crippen molar-refractivity contribution in [2.24, 2.45) is 0 Å². The first-order valence-corrected chi connectivity index (χ1v) is 7.60. The predicted octanol–water partition coefficient (Wildman–Crippen LogP) is 0.943. The quantitative estimate of drug-likeness (QED) is 0.579. The number of likely N-dealkylation sites (tertiary alicyclic amines) is 1. The number of nitrogens with one attached hydrogen (secondary N) is 2. The third kappa shape index (κ3) is 9.01. The molecule has 1 heterocycles. The maximum Gasteiger partial charge on any atom is 0.321 e. The number of hydrogen-bond donors (Lipinski definition) is 3. The average Bonchev–Trinajstić information content (AvgIpc) is 2.44. The summed E-state index contributed by atoms with van der Waals surface area (Å²) in [7, 11) is 0. The Morgan fingerprint density at radius 1 is 1.00 bits per heavy atom. The highest BCUT2D eigenvalue weighted by Crippen LogP contribution is 2.07. The van der Waals surface area contributed by atoms with Crippen LogP contribution in [0.1, 0.15) is 44.9 Å². The molecule has 3 amide bonds. The van der Waals surface area contributed by atoms with Gasteiger partial charge in [0.15, 0.2) is 0 Å². The molecular weight excluding hydrogens is 274 g/mol. The highest BCUT2D eigenvalue weighted by molar-refractivity contribution is 5.94. The van der Waals surface area contributed by atoms with Crippen LogP contribution in [0.2, 0.25) is 0 Å². The summed E-state index contributed by atoms with van der Waals surface area (Å²) in [5.41, 5.74) is 0. The topological polar surface area (TPSA) is 98.7 Å². The fraction of sp³-hybridized carbons (Fsp3) is 0.786. The summed E-state index contributed by atoms with van der Waals surface area (Å²) in [5.74, 6) is -1.23. The monoisotopic (exact) mass is 299 g/mol. The van der Waals surface area contributed by atoms with Gasteiger partial charge in [-0.1, -0.05) is 6.42 Å². The van der Waals surface area contributed by atoms with Crippen molar-refractivity contribution in [2.75, 3.05) is 26.2 Å². The third-order valence-electron chi connectivity index (χ3n) is 3.46. The molecule has 1 aliphatic rings. The van der Waals surface area contributed by atoms with Gasteiger partial charge in [-0.25, -0.2) is 4.79 Å². The van der Waals surface area contributed by atoms with E-state index in [1.54, 1.807) is 0 Å². The molecule has 0 atom stereocenters. The number of imide groups is 1. The molecule has 0 aromatic heterocycles. The standard InChI is InChI=1S/C14H25N3O4/c18-12(6-2-3-7-13(19)20)16-14(21)15-8-11-17-9-4-1-5-10-17/h1-11H2,(H,19,20)(H2,15,16,18,21). The van der Waals surface area contributed by atoms with E-state index >= 15 is 0 Å². The molecule has 1 aliphatic heterocycles. The van der Waals surface area contributed by atoms with E-state index in [2.05, 4.69) is 15.5 Å². The fourth-order valence-corrected chi connectivity index (χ4v) is 2.31. The van der Waals surface area contributed by atoms with E-state index in [0.717, 1.165) is 19.6 Å². The van der Waals surface area contributed by atoms with Crippen LogP contribution in [0, 0.1) is 0 Å². The molecule has 0 saturated carbocycles. The molecule has 0 spiro atoms. The minimum atomic E-state index is -0.870. The number of carbonyl (C=O) groups is 3. The number of amides is 3. The Balaban J connectivity index is 2.01. The minimum absolute atomic E-state index is 0.0509. The van der Waals surface area contributed by atoms with Gasteiger partial charge in [-0.2, -0.15) is 0 Å². The van der Waals surface area contributed by atoms with Crippen LogP contribution in [0.3, 0.4) is 0 Å². The second-order valence-electron chi connectivity index (χ2n) is 5.31. The maximum absolute atomic E-state index is 11.5. The molecule has 7 heteroatoms. The summed E-state index contributed by atoms with van der Waals surface area (Å²) >= 11 is 0. The van der Waals surface area contributed by atoms with Gasteiger partial charge < -0.3 is 15.3 Å². The SMILES string of the molecule is O=C(O)CCCCC(=O)NC(=O)NCCN1CCCCC1. The summed E-state index contributed by atoms with van der Waals surface area (Å²) in [4.78, 5) is 35.5. The van der Waals surface area contributed by atoms with Crippen molar-refractivity contribution >= 4 is 17.9 Å². The molecule has 3 N–H and O–H groups in total. The van der Waals surface area contributed by atoms with Crippen molar-refractivity contribution in [3.8, 4) is 0 Å². The van der Waals surface area contributed by atoms with E-state index in [-0.39, 0.29) is 18.7 Å². The van der Waals surface area contributed by atoms with Crippen LogP contribution in [0.4, 0.5) is 4.79 Å². The van der Waals surface area contributed by atoms with E-state index in [4.69, 9.17) is 5.11 Å². The molecular formula is C14H25N3O4. The number of urea groups is 1. The molecule has 1 rings (SSSR count). The van der Waals surface area contributed by atoms with Crippen LogP contribution >= 0.6 is 0 Å². The van der Waals surface area contributed by atoms with Gasteiger partial charge in [-0.15, -0.1) is 0 Å². The molecule has 0 bridgehead atoms. The lowest BCUT2D eigenvalue weighted by Crippen LogP contribution is -2.43. The molecule has 0 radical (unpaired) electrons. The van der Waals surface area contributed by atoms with Crippen LogP contribution < -0.4 is 10.6 Å². The Bertz CT molecular complexity index is 354. The van der Waals surface area contributed by atoms with Gasteiger partial charge in [0.05, 0.1) is 0 Å². The second kappa shape index (κ2) is 10.1. The Hall–Kier alpha value is -1.63. The van der Waals surface area contributed by atoms with E-state index in [0.29, 0.717) is 19.4 Å². The van der Waals surface area contributed by atoms with Crippen LogP contribution in [0.25, 0.3) is 0 Å². The van der Waals surface area contributed by atoms with Gasteiger partial charge in [0.25, 0.3) is 0 Å². The number of piperidine rings is 1. The lowest BCUT2D eigenvalue weighted by atomic mass is 10.1. The van der Waals surface area contributed by atoms with E-state index in [9.17, 15) is 14.4 Å². The summed E-state index contributed by atoms with van der Waals surface area (Å²) in [6.45, 7) is 3.48. The molecule has 120 valence electrons. The number of carboxylic acid groups (broad SMARTS) is 1. The van der Waals surface area contributed by atoms with E-state index in [1.165, 1.54) is 19.3 Å². The number of carbonyl (C=O) groups excluding carboxylic acids is 2. The third-order valence-corrected chi connectivity index (χ3v) is 3.46. The summed E-state index contributed by atoms with van der Waals surface area (Å²) in [6.07, 6.45) is 4.84. The normalized spacial score (nSPS) is 15.4. The number of aliphatic carboxylic acids is 1. The van der Waals surface area contributed by atoms with Crippen LogP contribution in [0.5, 0.6) is 0 Å². The largest absolute Gasteiger partial charge is 0.481 e. The van der Waals surface area contributed by atoms with Crippen LogP contribution in [-0.4, -0.2) is 54.1 Å². The summed E-state index contributed by atoms with van der Waals surface area (Å²) < 4.78 is 0. The molecule has 0 unspecified atom stereocenters. The van der Waals surface area contributed by atoms with E-state index < -0.39 is 12.0 Å². The Morgan fingerprint density at radius 3 is 2.33 bits per heavy atom. The number of rotatable bonds is 8. The predicted molar refractivity (Wildman–Crippen MR) is 77.9 cm³/mol. The zero-order valence-electron chi connectivity index (χ0n) is 12.4. The Morgan fingerprint density at radius 2 is 1.67 bits per heavy atom. The lowest BCUT2D eigenvalue weighted by molar-refractivity contribution is -0.137. The van der Waals surface area contributed by atoms with Crippen molar-refractivity contribution in [1.82, 2.24) is 15.5 Å². The first-order chi connectivity index (χ1) is 10.1. The smallest absolute Gasteiger partial charge is 0.321 e. The molecule has 21 heavy (non-hydrogen) atoms. The van der Waals surface area contributed by atoms with Gasteiger partial charge >= 0.3 is 12.0 Å². The molecule has 0 aromatic rings. The highest BCUT2D eigenvalue weighted by atomic mass is 16.4. The highest BCUT2D eigenvalue weighted by Gasteiger charge is 2.11. The number of nitrogens with zero attached hydrogens (tertiary/aromatic N) is 1. The fourth-order valence-electron chi connectivity index (χ4n) is 2.31. The van der Waals surface area contributed by atoms with Gasteiger partial charge in [0.1, 0.15) is 0 Å². The van der Waals surface area contributed by atoms with Crippen molar-refractivity contribution in [3.05, 3.63) is 0 Å². The van der Waals surface area contributed by atoms with Crippen molar-refractivity contribution in [3.63, 3.8) is 0 Å². The average molecular weight is 299 g/mol. The lowest BCUT2D eigenvalue weighted by Gasteiger charge is -2.26. The first kappa shape index (κ1) is 17.4. The van der Waals surface area contributed by atoms with Gasteiger partial charge in [-0.05, 0) is 38.8 Å². The molecule has 0 aromatic carbocycles. The van der Waals surface area contributed by atoms with Crippen LogP contribution in [0.15, 0.2) is 0 Å². The first-order valence-electron chi connectivity index (χ1n) is 7.60. The Kier molecular flexibility index (Phi) is 8.42. The molecule has 0 aliphatic carbocycles. The minimum Gasteiger partial charge on any atom is -0.481 e. The number of unbranched alkanes of at least 4 members (excludes halogenated alkanes) is 1. The van der Waals surface area contributed by atoms with Crippen LogP contribution in [-0.2, 0) is 9.59 Å². The Labute approximate surface area is 125 Å². The van der Waals surface area contributed by atoms with Gasteiger partial charge in [0.2, 0.25) is 5.91 Å². The van der Waals surface area contributed by atoms with Gasteiger partial charge in [-0.3, -0.25) is 14.9 Å². The van der Waals surface area contributed by atoms with Gasteiger partial charge in [0, 0.05) is 25.9 Å². The molecule has 1 saturated heterocycles. The number of hydrogen-bond acceptors (Lipinski definition) is 4. The van der Waals surface area contributed by atoms with Crippen molar-refractivity contribution < 1.29 is 19.5 Å². The second-order valence-corrected chi connectivity index (χ2v) is 5.31. The maximum atomic E-state index is 11.5. The zero-order chi connectivity index (χ0) is 15.5. The summed E-state index contributed by atoms with van der Waals surface area (Å²) in [6, 6.07) is -0.477. The molecule has 7 nitrogen and oxygen atoms in total. The number of carboxylic acids is 1. The van der Waals surface area contributed by atoms with Crippen molar-refractivity contribution in [2.45, 2.75) is 44.9 Å².